The van der Waals surface area contributed by atoms with Gasteiger partial charge in [-0.15, -0.1) is 5.10 Å². The van der Waals surface area contributed by atoms with Crippen molar-refractivity contribution in [2.24, 2.45) is 34.0 Å². The molecule has 4 heterocycles. The number of carbonyl (C=O) groups is 2. The predicted octanol–water partition coefficient (Wildman–Crippen LogP) is 2.18. The van der Waals surface area contributed by atoms with E-state index in [2.05, 4.69) is 20.8 Å². The van der Waals surface area contributed by atoms with Crippen molar-refractivity contribution >= 4 is 27.5 Å². The molecule has 6 N–H and O–H groups in total. The van der Waals surface area contributed by atoms with Crippen LogP contribution in [0.2, 0.25) is 0 Å². The fourth-order valence-electron chi connectivity index (χ4n) is 9.54. The van der Waals surface area contributed by atoms with Gasteiger partial charge in [0.05, 0.1) is 46.8 Å². The summed E-state index contributed by atoms with van der Waals surface area (Å²) in [4.78, 5) is 36.3. The minimum Gasteiger partial charge on any atom is -0.459 e. The van der Waals surface area contributed by atoms with Gasteiger partial charge in [-0.25, -0.2) is 18.2 Å². The highest BCUT2D eigenvalue weighted by Gasteiger charge is 2.52. The second-order valence-electron chi connectivity index (χ2n) is 18.9. The van der Waals surface area contributed by atoms with E-state index in [0.29, 0.717) is 43.9 Å². The number of esters is 1. The van der Waals surface area contributed by atoms with Crippen LogP contribution in [0.3, 0.4) is 0 Å². The Hall–Kier alpha value is -3.44. The topological polar surface area (TPSA) is 259 Å². The van der Waals surface area contributed by atoms with E-state index in [9.17, 15) is 33.3 Å². The van der Waals surface area contributed by atoms with Crippen molar-refractivity contribution in [2.45, 2.75) is 166 Å². The molecule has 14 atom stereocenters. The Morgan fingerprint density at radius 2 is 1.78 bits per heavy atom. The summed E-state index contributed by atoms with van der Waals surface area (Å²) in [5.74, 6) is -4.90. The minimum absolute atomic E-state index is 0.0232. The molecule has 3 saturated heterocycles. The highest BCUT2D eigenvalue weighted by molar-refractivity contribution is 7.89. The molecule has 0 unspecified atom stereocenters. The van der Waals surface area contributed by atoms with Gasteiger partial charge in [0.25, 0.3) is 0 Å². The third-order valence-electron chi connectivity index (χ3n) is 13.7. The maximum absolute atomic E-state index is 14.4. The molecule has 0 amide bonds. The van der Waals surface area contributed by atoms with E-state index < -0.39 is 93.4 Å². The number of aromatic nitrogens is 3. The molecule has 0 bridgehead atoms. The molecule has 3 aliphatic heterocycles. The number of aliphatic hydroxyl groups is 3. The molecule has 0 radical (unpaired) electrons. The van der Waals surface area contributed by atoms with Gasteiger partial charge in [-0.3, -0.25) is 9.59 Å². The highest BCUT2D eigenvalue weighted by atomic mass is 32.2. The minimum atomic E-state index is -3.80. The number of sulfonamides is 1. The molecular weight excluding hydrogens is 863 g/mol. The number of likely N-dealkylation sites (N-methyl/N-ethyl adjacent to an activating group) is 1. The molecule has 3 aliphatic rings. The molecule has 3 fully saturated rings. The summed E-state index contributed by atoms with van der Waals surface area (Å²) in [5, 5.41) is 57.5. The number of hydrogen-bond acceptors (Lipinski definition) is 17. The fraction of sp³-hybridized carbons (Fsp3) is 0.756. The number of cyclic esters (lactones) is 1. The number of rotatable bonds is 13. The number of benzene rings is 1. The molecule has 20 heteroatoms. The average molecular weight is 936 g/mol. The van der Waals surface area contributed by atoms with Crippen LogP contribution in [0, 0.1) is 23.7 Å². The molecule has 65 heavy (non-hydrogen) atoms. The second-order valence-corrected chi connectivity index (χ2v) is 20.5. The number of aliphatic hydroxyl groups excluding tert-OH is 2. The van der Waals surface area contributed by atoms with E-state index in [-0.39, 0.29) is 29.9 Å². The van der Waals surface area contributed by atoms with Crippen LogP contribution in [0.4, 0.5) is 0 Å². The summed E-state index contributed by atoms with van der Waals surface area (Å²) in [6, 6.07) is 5.80. The zero-order chi connectivity index (χ0) is 48.0. The zero-order valence-electron chi connectivity index (χ0n) is 39.6. The van der Waals surface area contributed by atoms with Gasteiger partial charge in [0.2, 0.25) is 10.0 Å². The van der Waals surface area contributed by atoms with Gasteiger partial charge < -0.3 is 49.3 Å². The predicted molar refractivity (Wildman–Crippen MR) is 240 cm³/mol. The maximum atomic E-state index is 14.4. The zero-order valence-corrected chi connectivity index (χ0v) is 40.4. The Bertz CT molecular complexity index is 2030. The number of methoxy groups -OCH3 is 1. The number of hydrogen-bond donors (Lipinski definition) is 5. The Morgan fingerprint density at radius 1 is 1.09 bits per heavy atom. The lowest BCUT2D eigenvalue weighted by atomic mass is 9.74. The Balaban J connectivity index is 1.39. The van der Waals surface area contributed by atoms with E-state index in [1.807, 2.05) is 32.0 Å². The summed E-state index contributed by atoms with van der Waals surface area (Å²) in [6.07, 6.45) is -1.84. The van der Waals surface area contributed by atoms with E-state index in [1.165, 1.54) is 33.1 Å². The second kappa shape index (κ2) is 22.1. The largest absolute Gasteiger partial charge is 0.459 e. The summed E-state index contributed by atoms with van der Waals surface area (Å²) in [7, 11) is -0.402. The lowest BCUT2D eigenvalue weighted by molar-refractivity contribution is -0.295. The molecule has 0 aliphatic carbocycles. The van der Waals surface area contributed by atoms with E-state index in [0.717, 1.165) is 24.9 Å². The first kappa shape index (κ1) is 52.5. The van der Waals surface area contributed by atoms with Gasteiger partial charge in [-0.2, -0.15) is 0 Å². The van der Waals surface area contributed by atoms with Gasteiger partial charge in [0, 0.05) is 56.6 Å². The van der Waals surface area contributed by atoms with E-state index in [4.69, 9.17) is 28.9 Å². The molecule has 1 aromatic carbocycles. The first-order valence-corrected chi connectivity index (χ1v) is 24.4. The quantitative estimate of drug-likeness (QED) is 0.110. The number of piperidine rings is 1. The number of oxime groups is 1. The average Bonchev–Trinajstić information content (AvgIpc) is 3.72. The molecular formula is C45H73N7O12S. The summed E-state index contributed by atoms with van der Waals surface area (Å²) < 4.78 is 50.2. The van der Waals surface area contributed by atoms with Crippen molar-refractivity contribution in [3.8, 4) is 0 Å². The van der Waals surface area contributed by atoms with Crippen LogP contribution in [-0.4, -0.2) is 155 Å². The summed E-state index contributed by atoms with van der Waals surface area (Å²) in [6.45, 7) is 15.9. The van der Waals surface area contributed by atoms with E-state index >= 15 is 0 Å². The van der Waals surface area contributed by atoms with Crippen LogP contribution in [0.1, 0.15) is 98.8 Å². The molecule has 2 aromatic rings. The first-order valence-electron chi connectivity index (χ1n) is 22.8. The molecule has 0 spiro atoms. The standard InChI is InChI=1S/C45H73N7O12S/c1-11-36-45(8,57)40(55)28(4)37(49-64-33-13-12-19-47-23-33)26(2)22-44(7,60-10)41(29(5)38(53)30(6)42(56)62-36)63-43-39(54)35(21-27(3)61-43)51(9)20-18-32-25-52(50-48-32)24-31-14-16-34(17-15-31)65(46,58)59/h14-17,25-30,33,35-36,39-41,43,47,54-55,57H,11-13,18-24H2,1-10H3,(H2,46,58,59)/b49-37+/t26-,27-,28+,29+,30-,33-,35+,36-,39-,40-,41-,43+,44-,45-/m1/s1. The number of carbonyl (C=O) groups excluding carboxylic acids is 2. The van der Waals surface area contributed by atoms with Crippen molar-refractivity contribution in [1.82, 2.24) is 25.2 Å². The van der Waals surface area contributed by atoms with Crippen LogP contribution >= 0.6 is 0 Å². The molecule has 0 saturated carbocycles. The van der Waals surface area contributed by atoms with E-state index in [1.54, 1.807) is 44.5 Å². The van der Waals surface area contributed by atoms with Crippen LogP contribution in [0.25, 0.3) is 0 Å². The summed E-state index contributed by atoms with van der Waals surface area (Å²) in [5.41, 5.74) is -1.23. The van der Waals surface area contributed by atoms with Crippen LogP contribution in [0.5, 0.6) is 0 Å². The van der Waals surface area contributed by atoms with Gasteiger partial charge >= 0.3 is 5.97 Å². The van der Waals surface area contributed by atoms with Crippen molar-refractivity contribution in [1.29, 1.82) is 0 Å². The number of Topliss-reactive ketones (excluding diaryl/α,β-unsaturated/α-hetero) is 1. The third kappa shape index (κ3) is 12.8. The number of nitrogens with two attached hydrogens (primary N) is 1. The van der Waals surface area contributed by atoms with Gasteiger partial charge in [-0.05, 0) is 91.1 Å². The monoisotopic (exact) mass is 936 g/mol. The van der Waals surface area contributed by atoms with Crippen molar-refractivity contribution in [2.75, 3.05) is 33.8 Å². The van der Waals surface area contributed by atoms with Crippen molar-refractivity contribution in [3.63, 3.8) is 0 Å². The lowest BCUT2D eigenvalue weighted by Gasteiger charge is -2.47. The SMILES string of the molecule is CC[C@H]1OC(=O)[C@H](C)C(=O)[C@H](C)[C@@H](O[C@@H]2O[C@H](C)C[C@H](N(C)CCc3cn(Cc4ccc(S(N)(=O)=O)cc4)nn3)[C@H]2O)[C@](C)(OC)C[C@@H](C)/C(=N\O[C@@H]2CCCNC2)[C@H](C)[C@@H](O)[C@]1(C)O. The van der Waals surface area contributed by atoms with Crippen LogP contribution in [-0.2, 0) is 56.4 Å². The first-order chi connectivity index (χ1) is 30.5. The van der Waals surface area contributed by atoms with Crippen molar-refractivity contribution < 1.29 is 57.1 Å². The number of nitrogens with zero attached hydrogens (tertiary/aromatic N) is 5. The number of ether oxygens (including phenoxy) is 4. The number of ketones is 1. The molecule has 1 aromatic heterocycles. The Kier molecular flexibility index (Phi) is 17.9. The maximum Gasteiger partial charge on any atom is 0.316 e. The smallest absolute Gasteiger partial charge is 0.316 e. The Labute approximate surface area is 383 Å². The molecule has 19 nitrogen and oxygen atoms in total. The Morgan fingerprint density at radius 3 is 2.40 bits per heavy atom. The molecule has 5 rings (SSSR count). The highest BCUT2D eigenvalue weighted by Crippen LogP contribution is 2.39. The van der Waals surface area contributed by atoms with Crippen molar-refractivity contribution in [3.05, 3.63) is 41.7 Å². The van der Waals surface area contributed by atoms with Gasteiger partial charge in [-0.1, -0.05) is 50.2 Å². The fourth-order valence-corrected chi connectivity index (χ4v) is 10.1. The van der Waals surface area contributed by atoms with Crippen LogP contribution in [0.15, 0.2) is 40.5 Å². The van der Waals surface area contributed by atoms with Crippen LogP contribution < -0.4 is 10.5 Å². The third-order valence-corrected chi connectivity index (χ3v) is 14.6. The summed E-state index contributed by atoms with van der Waals surface area (Å²) >= 11 is 0. The van der Waals surface area contributed by atoms with Gasteiger partial charge in [0.15, 0.2) is 12.1 Å². The van der Waals surface area contributed by atoms with Gasteiger partial charge in [0.1, 0.15) is 29.8 Å². The lowest BCUT2D eigenvalue weighted by Crippen LogP contribution is -2.60. The number of primary sulfonamides is 1. The normalized spacial score (nSPS) is 36.6. The molecule has 366 valence electrons. The number of nitrogens with one attached hydrogen (secondary N) is 1.